The normalized spacial score (nSPS) is 11.7. The van der Waals surface area contributed by atoms with Crippen molar-refractivity contribution >= 4 is 17.3 Å². The number of esters is 1. The van der Waals surface area contributed by atoms with E-state index in [1.54, 1.807) is 32.9 Å². The van der Waals surface area contributed by atoms with Crippen molar-refractivity contribution in [3.8, 4) is 0 Å². The van der Waals surface area contributed by atoms with Crippen LogP contribution in [0.3, 0.4) is 0 Å². The van der Waals surface area contributed by atoms with E-state index in [1.807, 2.05) is 0 Å². The van der Waals surface area contributed by atoms with Crippen LogP contribution in [0.25, 0.3) is 0 Å². The molecule has 1 N–H and O–H groups in total. The molecule has 98 valence electrons. The second-order valence-corrected chi connectivity index (χ2v) is 3.90. The summed E-state index contributed by atoms with van der Waals surface area (Å²) in [6.07, 6.45) is 0. The van der Waals surface area contributed by atoms with Crippen molar-refractivity contribution < 1.29 is 14.5 Å². The van der Waals surface area contributed by atoms with Gasteiger partial charge in [-0.25, -0.2) is 4.79 Å². The SMILES string of the molecule is CCOC(=O)C(C)Nc1ccc(C)cc1[N+](=O)[O-]. The fourth-order valence-corrected chi connectivity index (χ4v) is 1.47. The maximum atomic E-state index is 11.4. The Bertz CT molecular complexity index is 459. The van der Waals surface area contributed by atoms with Gasteiger partial charge in [0, 0.05) is 6.07 Å². The molecule has 0 saturated carbocycles. The largest absolute Gasteiger partial charge is 0.464 e. The third-order valence-corrected chi connectivity index (χ3v) is 2.36. The third-order valence-electron chi connectivity index (χ3n) is 2.36. The molecule has 0 aliphatic heterocycles. The van der Waals surface area contributed by atoms with Gasteiger partial charge < -0.3 is 10.1 Å². The van der Waals surface area contributed by atoms with Crippen LogP contribution in [0.15, 0.2) is 18.2 Å². The number of benzene rings is 1. The monoisotopic (exact) mass is 252 g/mol. The molecular formula is C12H16N2O4. The average molecular weight is 252 g/mol. The molecule has 6 nitrogen and oxygen atoms in total. The van der Waals surface area contributed by atoms with E-state index >= 15 is 0 Å². The van der Waals surface area contributed by atoms with Crippen LogP contribution in [0.1, 0.15) is 19.4 Å². The Morgan fingerprint density at radius 3 is 2.78 bits per heavy atom. The zero-order valence-corrected chi connectivity index (χ0v) is 10.6. The number of nitrogens with one attached hydrogen (secondary N) is 1. The van der Waals surface area contributed by atoms with E-state index < -0.39 is 16.9 Å². The molecule has 1 atom stereocenters. The summed E-state index contributed by atoms with van der Waals surface area (Å²) in [5, 5.41) is 13.7. The summed E-state index contributed by atoms with van der Waals surface area (Å²) in [4.78, 5) is 21.9. The molecule has 0 bridgehead atoms. The number of nitro groups is 1. The summed E-state index contributed by atoms with van der Waals surface area (Å²) in [5.74, 6) is -0.438. The van der Waals surface area contributed by atoms with Crippen LogP contribution >= 0.6 is 0 Å². The highest BCUT2D eigenvalue weighted by atomic mass is 16.6. The van der Waals surface area contributed by atoms with Gasteiger partial charge in [-0.15, -0.1) is 0 Å². The number of aryl methyl sites for hydroxylation is 1. The van der Waals surface area contributed by atoms with Crippen LogP contribution in [-0.4, -0.2) is 23.5 Å². The molecule has 0 saturated heterocycles. The summed E-state index contributed by atoms with van der Waals surface area (Å²) in [7, 11) is 0. The standard InChI is InChI=1S/C12H16N2O4/c1-4-18-12(15)9(3)13-10-6-5-8(2)7-11(10)14(16)17/h5-7,9,13H,4H2,1-3H3. The highest BCUT2D eigenvalue weighted by Crippen LogP contribution is 2.25. The Labute approximate surface area is 105 Å². The fraction of sp³-hybridized carbons (Fsp3) is 0.417. The first-order valence-corrected chi connectivity index (χ1v) is 5.64. The molecular weight excluding hydrogens is 236 g/mol. The molecule has 0 fully saturated rings. The van der Waals surface area contributed by atoms with Gasteiger partial charge in [0.05, 0.1) is 11.5 Å². The number of rotatable bonds is 5. The first-order chi connectivity index (χ1) is 8.45. The van der Waals surface area contributed by atoms with Crippen LogP contribution < -0.4 is 5.32 Å². The molecule has 0 aliphatic rings. The summed E-state index contributed by atoms with van der Waals surface area (Å²) in [6.45, 7) is 5.35. The van der Waals surface area contributed by atoms with E-state index in [1.165, 1.54) is 6.07 Å². The number of anilines is 1. The number of nitrogens with zero attached hydrogens (tertiary/aromatic N) is 1. The lowest BCUT2D eigenvalue weighted by Crippen LogP contribution is -2.28. The number of hydrogen-bond acceptors (Lipinski definition) is 5. The van der Waals surface area contributed by atoms with Gasteiger partial charge in [-0.05, 0) is 32.4 Å². The van der Waals surface area contributed by atoms with Crippen LogP contribution in [0.5, 0.6) is 0 Å². The van der Waals surface area contributed by atoms with Crippen molar-refractivity contribution in [3.63, 3.8) is 0 Å². The predicted molar refractivity (Wildman–Crippen MR) is 67.6 cm³/mol. The van der Waals surface area contributed by atoms with Crippen LogP contribution in [0.2, 0.25) is 0 Å². The smallest absolute Gasteiger partial charge is 0.328 e. The first-order valence-electron chi connectivity index (χ1n) is 5.64. The third kappa shape index (κ3) is 3.44. The summed E-state index contributed by atoms with van der Waals surface area (Å²) in [5.41, 5.74) is 1.05. The van der Waals surface area contributed by atoms with Crippen molar-refractivity contribution in [2.45, 2.75) is 26.8 Å². The van der Waals surface area contributed by atoms with Crippen molar-refractivity contribution in [3.05, 3.63) is 33.9 Å². The Hall–Kier alpha value is -2.11. The van der Waals surface area contributed by atoms with E-state index in [9.17, 15) is 14.9 Å². The van der Waals surface area contributed by atoms with E-state index in [2.05, 4.69) is 5.32 Å². The van der Waals surface area contributed by atoms with Crippen LogP contribution in [0, 0.1) is 17.0 Å². The maximum Gasteiger partial charge on any atom is 0.328 e. The number of carbonyl (C=O) groups is 1. The zero-order valence-electron chi connectivity index (χ0n) is 10.6. The molecule has 1 unspecified atom stereocenters. The van der Waals surface area contributed by atoms with E-state index in [-0.39, 0.29) is 12.3 Å². The minimum Gasteiger partial charge on any atom is -0.464 e. The number of nitro benzene ring substituents is 1. The van der Waals surface area contributed by atoms with Crippen molar-refractivity contribution in [2.24, 2.45) is 0 Å². The number of ether oxygens (including phenoxy) is 1. The first kappa shape index (κ1) is 14.0. The van der Waals surface area contributed by atoms with Gasteiger partial charge in [-0.3, -0.25) is 10.1 Å². The van der Waals surface area contributed by atoms with E-state index in [0.717, 1.165) is 5.56 Å². The molecule has 0 radical (unpaired) electrons. The lowest BCUT2D eigenvalue weighted by molar-refractivity contribution is -0.384. The molecule has 0 amide bonds. The van der Waals surface area contributed by atoms with Gasteiger partial charge in [0.25, 0.3) is 5.69 Å². The molecule has 6 heteroatoms. The molecule has 1 rings (SSSR count). The Kier molecular flexibility index (Phi) is 4.65. The zero-order chi connectivity index (χ0) is 13.7. The molecule has 0 heterocycles. The summed E-state index contributed by atoms with van der Waals surface area (Å²) < 4.78 is 4.83. The van der Waals surface area contributed by atoms with Gasteiger partial charge in [0.1, 0.15) is 11.7 Å². The van der Waals surface area contributed by atoms with Crippen LogP contribution in [-0.2, 0) is 9.53 Å². The molecule has 1 aromatic carbocycles. The quantitative estimate of drug-likeness (QED) is 0.494. The highest BCUT2D eigenvalue weighted by Gasteiger charge is 2.19. The Balaban J connectivity index is 2.90. The van der Waals surface area contributed by atoms with Gasteiger partial charge in [-0.1, -0.05) is 6.07 Å². The minimum absolute atomic E-state index is 0.0499. The van der Waals surface area contributed by atoms with Crippen LogP contribution in [0.4, 0.5) is 11.4 Å². The topological polar surface area (TPSA) is 81.5 Å². The summed E-state index contributed by atoms with van der Waals surface area (Å²) >= 11 is 0. The molecule has 0 aliphatic carbocycles. The predicted octanol–water partition coefficient (Wildman–Crippen LogP) is 2.27. The van der Waals surface area contributed by atoms with Crippen molar-refractivity contribution in [1.29, 1.82) is 0 Å². The molecule has 1 aromatic rings. The van der Waals surface area contributed by atoms with E-state index in [4.69, 9.17) is 4.74 Å². The van der Waals surface area contributed by atoms with Gasteiger partial charge >= 0.3 is 5.97 Å². The molecule has 0 spiro atoms. The number of carbonyl (C=O) groups excluding carboxylic acids is 1. The second-order valence-electron chi connectivity index (χ2n) is 3.90. The fourth-order valence-electron chi connectivity index (χ4n) is 1.47. The lowest BCUT2D eigenvalue weighted by Gasteiger charge is -2.14. The van der Waals surface area contributed by atoms with Gasteiger partial charge in [0.15, 0.2) is 0 Å². The van der Waals surface area contributed by atoms with E-state index in [0.29, 0.717) is 5.69 Å². The van der Waals surface area contributed by atoms with Crippen molar-refractivity contribution in [2.75, 3.05) is 11.9 Å². The number of hydrogen-bond donors (Lipinski definition) is 1. The Morgan fingerprint density at radius 2 is 2.22 bits per heavy atom. The van der Waals surface area contributed by atoms with Gasteiger partial charge in [0.2, 0.25) is 0 Å². The lowest BCUT2D eigenvalue weighted by atomic mass is 10.2. The van der Waals surface area contributed by atoms with Crippen molar-refractivity contribution in [1.82, 2.24) is 0 Å². The molecule has 18 heavy (non-hydrogen) atoms. The maximum absolute atomic E-state index is 11.4. The second kappa shape index (κ2) is 6.00. The Morgan fingerprint density at radius 1 is 1.56 bits per heavy atom. The summed E-state index contributed by atoms with van der Waals surface area (Å²) in [6, 6.07) is 4.16. The average Bonchev–Trinajstić information content (AvgIpc) is 2.31. The van der Waals surface area contributed by atoms with Gasteiger partial charge in [-0.2, -0.15) is 0 Å². The minimum atomic E-state index is -0.633. The highest BCUT2D eigenvalue weighted by molar-refractivity contribution is 5.80. The molecule has 0 aromatic heterocycles.